The summed E-state index contributed by atoms with van der Waals surface area (Å²) in [6, 6.07) is 17.2. The molecule has 4 rings (SSSR count). The van der Waals surface area contributed by atoms with Crippen molar-refractivity contribution in [2.45, 2.75) is 39.8 Å². The zero-order valence-electron chi connectivity index (χ0n) is 19.6. The van der Waals surface area contributed by atoms with Crippen molar-refractivity contribution in [1.29, 1.82) is 5.26 Å². The molecule has 6 nitrogen and oxygen atoms in total. The minimum Gasteiger partial charge on any atom is -0.462 e. The van der Waals surface area contributed by atoms with E-state index in [4.69, 9.17) is 9.47 Å². The molecule has 0 bridgehead atoms. The first-order chi connectivity index (χ1) is 16.4. The number of carbonyl (C=O) groups is 2. The number of fused-ring (bicyclic) bond motifs is 1. The lowest BCUT2D eigenvalue weighted by atomic mass is 9.89. The first-order valence-electron chi connectivity index (χ1n) is 11.5. The van der Waals surface area contributed by atoms with Crippen LogP contribution in [0.25, 0.3) is 10.8 Å². The fraction of sp³-hybridized carbons (Fsp3) is 0.370. The fourth-order valence-electron chi connectivity index (χ4n) is 4.59. The Morgan fingerprint density at radius 1 is 1.24 bits per heavy atom. The number of hydrogen-bond acceptors (Lipinski definition) is 6. The summed E-state index contributed by atoms with van der Waals surface area (Å²) in [5, 5.41) is 11.2. The highest BCUT2D eigenvalue weighted by Gasteiger charge is 2.42. The van der Waals surface area contributed by atoms with E-state index in [-0.39, 0.29) is 23.8 Å². The van der Waals surface area contributed by atoms with E-state index in [0.717, 1.165) is 21.3 Å². The van der Waals surface area contributed by atoms with Gasteiger partial charge in [0.15, 0.2) is 0 Å². The summed E-state index contributed by atoms with van der Waals surface area (Å²) in [6.07, 6.45) is 0.480. The van der Waals surface area contributed by atoms with Gasteiger partial charge in [0.1, 0.15) is 4.88 Å². The second-order valence-electron chi connectivity index (χ2n) is 8.77. The van der Waals surface area contributed by atoms with E-state index in [1.165, 1.54) is 11.3 Å². The predicted octanol–water partition coefficient (Wildman–Crippen LogP) is 5.54. The molecule has 0 aliphatic carbocycles. The second-order valence-corrected chi connectivity index (χ2v) is 9.94. The lowest BCUT2D eigenvalue weighted by Gasteiger charge is -2.30. The van der Waals surface area contributed by atoms with Gasteiger partial charge < -0.3 is 14.4 Å². The van der Waals surface area contributed by atoms with Crippen LogP contribution in [0.5, 0.6) is 0 Å². The molecular formula is C27H28N2O4S. The summed E-state index contributed by atoms with van der Waals surface area (Å²) in [6.45, 7) is 7.18. The van der Waals surface area contributed by atoms with Crippen molar-refractivity contribution in [2.75, 3.05) is 18.1 Å². The molecule has 2 atom stereocenters. The minimum absolute atomic E-state index is 0.0869. The van der Waals surface area contributed by atoms with Crippen molar-refractivity contribution in [3.8, 4) is 6.07 Å². The molecule has 2 aromatic carbocycles. The van der Waals surface area contributed by atoms with Gasteiger partial charge in [-0.1, -0.05) is 32.0 Å². The predicted molar refractivity (Wildman–Crippen MR) is 133 cm³/mol. The van der Waals surface area contributed by atoms with Gasteiger partial charge in [-0.15, -0.1) is 11.3 Å². The normalized spacial score (nSPS) is 18.0. The van der Waals surface area contributed by atoms with E-state index >= 15 is 0 Å². The van der Waals surface area contributed by atoms with Gasteiger partial charge >= 0.3 is 5.97 Å². The topological polar surface area (TPSA) is 79.6 Å². The number of esters is 1. The largest absolute Gasteiger partial charge is 0.462 e. The Labute approximate surface area is 203 Å². The van der Waals surface area contributed by atoms with Gasteiger partial charge in [-0.05, 0) is 59.9 Å². The number of hydrogen-bond donors (Lipinski definition) is 0. The van der Waals surface area contributed by atoms with Crippen molar-refractivity contribution in [3.05, 3.63) is 63.8 Å². The van der Waals surface area contributed by atoms with Gasteiger partial charge in [-0.3, -0.25) is 4.79 Å². The van der Waals surface area contributed by atoms with Crippen LogP contribution in [0.4, 0.5) is 5.69 Å². The number of nitriles is 1. The Bertz CT molecular complexity index is 1240. The third-order valence-corrected chi connectivity index (χ3v) is 7.33. The fourth-order valence-corrected chi connectivity index (χ4v) is 5.43. The molecule has 1 aliphatic rings. The molecule has 1 aromatic heterocycles. The highest BCUT2D eigenvalue weighted by Crippen LogP contribution is 2.37. The lowest BCUT2D eigenvalue weighted by molar-refractivity contribution is -0.117. The van der Waals surface area contributed by atoms with Crippen LogP contribution in [0.1, 0.15) is 47.3 Å². The van der Waals surface area contributed by atoms with E-state index in [2.05, 4.69) is 19.9 Å². The number of ether oxygens (including phenoxy) is 2. The maximum absolute atomic E-state index is 13.1. The molecule has 0 N–H and O–H groups in total. The Morgan fingerprint density at radius 3 is 2.79 bits per heavy atom. The average Bonchev–Trinajstić information content (AvgIpc) is 3.43. The van der Waals surface area contributed by atoms with Gasteiger partial charge in [-0.25, -0.2) is 4.79 Å². The van der Waals surface area contributed by atoms with Crippen LogP contribution in [0.2, 0.25) is 0 Å². The molecule has 0 spiro atoms. The number of carbonyl (C=O) groups excluding carboxylic acids is 2. The number of nitrogens with zero attached hydrogens (tertiary/aromatic N) is 2. The first-order valence-corrected chi connectivity index (χ1v) is 12.3. The molecule has 1 amide bonds. The Balaban J connectivity index is 1.53. The van der Waals surface area contributed by atoms with Gasteiger partial charge in [0.05, 0.1) is 37.5 Å². The van der Waals surface area contributed by atoms with E-state index in [1.807, 2.05) is 41.3 Å². The lowest BCUT2D eigenvalue weighted by Crippen LogP contribution is -2.40. The minimum atomic E-state index is -0.318. The van der Waals surface area contributed by atoms with Crippen molar-refractivity contribution in [2.24, 2.45) is 11.8 Å². The molecule has 0 radical (unpaired) electrons. The zero-order chi connectivity index (χ0) is 24.2. The zero-order valence-corrected chi connectivity index (χ0v) is 20.4. The van der Waals surface area contributed by atoms with Gasteiger partial charge in [0.25, 0.3) is 0 Å². The number of rotatable bonds is 8. The Morgan fingerprint density at radius 2 is 2.06 bits per heavy atom. The summed E-state index contributed by atoms with van der Waals surface area (Å²) in [5.74, 6) is 0.267. The van der Waals surface area contributed by atoms with Crippen LogP contribution in [-0.4, -0.2) is 31.1 Å². The molecule has 1 saturated heterocycles. The standard InChI is InChI=1S/C27H28N2O4S/c1-4-33-27(31)25-11-9-21(34-25)15-32-16-24-23(17(2)3)13-26(30)29(24)20-8-10-22-18(12-20)6-5-7-19(22)14-28/h5-12,17,23-24H,4,13,15-16H2,1-3H3. The molecule has 2 unspecified atom stereocenters. The summed E-state index contributed by atoms with van der Waals surface area (Å²) < 4.78 is 11.1. The van der Waals surface area contributed by atoms with E-state index in [1.54, 1.807) is 19.1 Å². The highest BCUT2D eigenvalue weighted by atomic mass is 32.1. The van der Waals surface area contributed by atoms with Crippen molar-refractivity contribution >= 4 is 39.7 Å². The first kappa shape index (κ1) is 23.9. The van der Waals surface area contributed by atoms with E-state index < -0.39 is 0 Å². The number of benzene rings is 2. The molecular weight excluding hydrogens is 448 g/mol. The molecule has 34 heavy (non-hydrogen) atoms. The van der Waals surface area contributed by atoms with Crippen molar-refractivity contribution in [3.63, 3.8) is 0 Å². The molecule has 2 heterocycles. The molecule has 1 fully saturated rings. The van der Waals surface area contributed by atoms with Crippen LogP contribution < -0.4 is 4.90 Å². The van der Waals surface area contributed by atoms with Crippen LogP contribution in [0, 0.1) is 23.2 Å². The highest BCUT2D eigenvalue weighted by molar-refractivity contribution is 7.13. The van der Waals surface area contributed by atoms with Gasteiger partial charge in [-0.2, -0.15) is 5.26 Å². The Kier molecular flexibility index (Phi) is 7.30. The molecule has 3 aromatic rings. The smallest absolute Gasteiger partial charge is 0.348 e. The quantitative estimate of drug-likeness (QED) is 0.399. The summed E-state index contributed by atoms with van der Waals surface area (Å²) >= 11 is 1.37. The average molecular weight is 477 g/mol. The van der Waals surface area contributed by atoms with Crippen LogP contribution >= 0.6 is 11.3 Å². The Hall–Kier alpha value is -3.21. The van der Waals surface area contributed by atoms with Crippen LogP contribution in [-0.2, 0) is 20.9 Å². The summed E-state index contributed by atoms with van der Waals surface area (Å²) in [4.78, 5) is 28.4. The van der Waals surface area contributed by atoms with E-state index in [0.29, 0.717) is 42.6 Å². The summed E-state index contributed by atoms with van der Waals surface area (Å²) in [7, 11) is 0. The maximum atomic E-state index is 13.1. The summed E-state index contributed by atoms with van der Waals surface area (Å²) in [5.41, 5.74) is 1.44. The third-order valence-electron chi connectivity index (χ3n) is 6.30. The number of anilines is 1. The molecule has 176 valence electrons. The van der Waals surface area contributed by atoms with Gasteiger partial charge in [0, 0.05) is 17.0 Å². The van der Waals surface area contributed by atoms with Crippen LogP contribution in [0.3, 0.4) is 0 Å². The number of amides is 1. The van der Waals surface area contributed by atoms with E-state index in [9.17, 15) is 14.9 Å². The monoisotopic (exact) mass is 476 g/mol. The third kappa shape index (κ3) is 4.84. The SMILES string of the molecule is CCOC(=O)c1ccc(COCC2C(C(C)C)CC(=O)N2c2ccc3c(C#N)cccc3c2)s1. The molecule has 0 saturated carbocycles. The maximum Gasteiger partial charge on any atom is 0.348 e. The molecule has 1 aliphatic heterocycles. The van der Waals surface area contributed by atoms with Gasteiger partial charge in [0.2, 0.25) is 5.91 Å². The van der Waals surface area contributed by atoms with Crippen molar-refractivity contribution < 1.29 is 19.1 Å². The number of thiophene rings is 1. The second kappa shape index (κ2) is 10.4. The molecule has 7 heteroatoms. The van der Waals surface area contributed by atoms with Crippen molar-refractivity contribution in [1.82, 2.24) is 0 Å². The van der Waals surface area contributed by atoms with Crippen LogP contribution in [0.15, 0.2) is 48.5 Å².